The summed E-state index contributed by atoms with van der Waals surface area (Å²) in [6, 6.07) is 0.0187. The largest absolute Gasteiger partial charge is 0.481 e. The summed E-state index contributed by atoms with van der Waals surface area (Å²) < 4.78 is 0. The van der Waals surface area contributed by atoms with Crippen LogP contribution < -0.4 is 5.32 Å². The van der Waals surface area contributed by atoms with Gasteiger partial charge in [0.15, 0.2) is 0 Å². The fourth-order valence-electron chi connectivity index (χ4n) is 2.38. The minimum absolute atomic E-state index is 0.0187. The third-order valence-electron chi connectivity index (χ3n) is 3.70. The van der Waals surface area contributed by atoms with Crippen molar-refractivity contribution in [3.8, 4) is 0 Å². The van der Waals surface area contributed by atoms with Crippen LogP contribution in [0.4, 0.5) is 4.79 Å². The molecule has 20 heavy (non-hydrogen) atoms. The maximum Gasteiger partial charge on any atom is 0.317 e. The highest BCUT2D eigenvalue weighted by Gasteiger charge is 2.21. The molecule has 6 heteroatoms. The number of nitrogens with zero attached hydrogens (tertiary/aromatic N) is 1. The predicted octanol–water partition coefficient (Wildman–Crippen LogP) is 2.41. The normalized spacial score (nSPS) is 20.5. The van der Waals surface area contributed by atoms with Gasteiger partial charge in [0.2, 0.25) is 0 Å². The highest BCUT2D eigenvalue weighted by atomic mass is 32.2. The van der Waals surface area contributed by atoms with Gasteiger partial charge < -0.3 is 15.3 Å². The zero-order valence-corrected chi connectivity index (χ0v) is 13.2. The number of thioether (sulfide) groups is 1. The van der Waals surface area contributed by atoms with Crippen molar-refractivity contribution < 1.29 is 14.7 Å². The Morgan fingerprint density at radius 3 is 2.80 bits per heavy atom. The van der Waals surface area contributed by atoms with E-state index in [0.717, 1.165) is 31.7 Å². The van der Waals surface area contributed by atoms with Gasteiger partial charge in [-0.2, -0.15) is 11.8 Å². The smallest absolute Gasteiger partial charge is 0.317 e. The second-order valence-electron chi connectivity index (χ2n) is 5.35. The number of rotatable bonds is 7. The van der Waals surface area contributed by atoms with Gasteiger partial charge in [-0.1, -0.05) is 20.3 Å². The Kier molecular flexibility index (Phi) is 7.80. The van der Waals surface area contributed by atoms with Gasteiger partial charge in [-0.15, -0.1) is 0 Å². The predicted molar refractivity (Wildman–Crippen MR) is 82.2 cm³/mol. The number of carbonyl (C=O) groups is 2. The Bertz CT molecular complexity index is 326. The molecular formula is C14H26N2O3S. The van der Waals surface area contributed by atoms with Crippen molar-refractivity contribution in [1.82, 2.24) is 10.2 Å². The SMILES string of the molecule is CCC(CCNC(=O)N1CCSC(C)C1)CCC(=O)O. The highest BCUT2D eigenvalue weighted by molar-refractivity contribution is 7.99. The van der Waals surface area contributed by atoms with E-state index in [-0.39, 0.29) is 12.5 Å². The topological polar surface area (TPSA) is 69.6 Å². The minimum atomic E-state index is -0.743. The van der Waals surface area contributed by atoms with Gasteiger partial charge in [0.1, 0.15) is 0 Å². The first-order chi connectivity index (χ1) is 9.52. The van der Waals surface area contributed by atoms with Crippen LogP contribution in [0.5, 0.6) is 0 Å². The van der Waals surface area contributed by atoms with E-state index in [1.807, 2.05) is 16.7 Å². The number of carbonyl (C=O) groups excluding carboxylic acids is 1. The molecule has 2 amide bonds. The Morgan fingerprint density at radius 2 is 2.20 bits per heavy atom. The fraction of sp³-hybridized carbons (Fsp3) is 0.857. The summed E-state index contributed by atoms with van der Waals surface area (Å²) in [5.74, 6) is 0.639. The summed E-state index contributed by atoms with van der Waals surface area (Å²) in [7, 11) is 0. The lowest BCUT2D eigenvalue weighted by molar-refractivity contribution is -0.137. The molecule has 0 aromatic rings. The minimum Gasteiger partial charge on any atom is -0.481 e. The second-order valence-corrected chi connectivity index (χ2v) is 6.90. The molecule has 1 rings (SSSR count). The van der Waals surface area contributed by atoms with Gasteiger partial charge in [-0.3, -0.25) is 4.79 Å². The Hall–Kier alpha value is -0.910. The van der Waals surface area contributed by atoms with E-state index in [1.165, 1.54) is 0 Å². The zero-order chi connectivity index (χ0) is 15.0. The van der Waals surface area contributed by atoms with Crippen LogP contribution in [0, 0.1) is 5.92 Å². The van der Waals surface area contributed by atoms with Crippen molar-refractivity contribution in [1.29, 1.82) is 0 Å². The van der Waals surface area contributed by atoms with Crippen molar-refractivity contribution >= 4 is 23.8 Å². The van der Waals surface area contributed by atoms with Gasteiger partial charge in [-0.05, 0) is 18.8 Å². The molecule has 1 heterocycles. The molecule has 2 N–H and O–H groups in total. The molecule has 116 valence electrons. The summed E-state index contributed by atoms with van der Waals surface area (Å²) in [5.41, 5.74) is 0. The van der Waals surface area contributed by atoms with Crippen molar-refractivity contribution in [3.05, 3.63) is 0 Å². The molecule has 0 aliphatic carbocycles. The number of carboxylic acids is 1. The molecule has 2 unspecified atom stereocenters. The summed E-state index contributed by atoms with van der Waals surface area (Å²) >= 11 is 1.90. The van der Waals surface area contributed by atoms with Gasteiger partial charge in [0.05, 0.1) is 0 Å². The van der Waals surface area contributed by atoms with E-state index >= 15 is 0 Å². The molecule has 0 aromatic heterocycles. The molecule has 1 fully saturated rings. The average molecular weight is 302 g/mol. The van der Waals surface area contributed by atoms with Crippen LogP contribution in [0.15, 0.2) is 0 Å². The number of aliphatic carboxylic acids is 1. The van der Waals surface area contributed by atoms with E-state index in [2.05, 4.69) is 19.2 Å². The fourth-order valence-corrected chi connectivity index (χ4v) is 3.39. The molecule has 0 saturated carbocycles. The molecule has 0 spiro atoms. The number of amides is 2. The molecule has 1 aliphatic rings. The molecule has 0 aromatic carbocycles. The van der Waals surface area contributed by atoms with Gasteiger partial charge in [-0.25, -0.2) is 4.79 Å². The van der Waals surface area contributed by atoms with E-state index < -0.39 is 5.97 Å². The molecule has 2 atom stereocenters. The lowest BCUT2D eigenvalue weighted by atomic mass is 9.97. The maximum atomic E-state index is 12.0. The summed E-state index contributed by atoms with van der Waals surface area (Å²) in [4.78, 5) is 24.4. The van der Waals surface area contributed by atoms with Crippen LogP contribution in [0.1, 0.15) is 39.5 Å². The van der Waals surface area contributed by atoms with Crippen molar-refractivity contribution in [3.63, 3.8) is 0 Å². The Morgan fingerprint density at radius 1 is 1.45 bits per heavy atom. The number of urea groups is 1. The van der Waals surface area contributed by atoms with Crippen molar-refractivity contribution in [2.45, 2.75) is 44.8 Å². The molecule has 0 bridgehead atoms. The van der Waals surface area contributed by atoms with Crippen LogP contribution in [0.2, 0.25) is 0 Å². The zero-order valence-electron chi connectivity index (χ0n) is 12.4. The van der Waals surface area contributed by atoms with Crippen molar-refractivity contribution in [2.24, 2.45) is 5.92 Å². The van der Waals surface area contributed by atoms with Gasteiger partial charge in [0, 0.05) is 37.1 Å². The third-order valence-corrected chi connectivity index (χ3v) is 4.84. The standard InChI is InChI=1S/C14H26N2O3S/c1-3-12(4-5-13(17)18)6-7-15-14(19)16-8-9-20-11(2)10-16/h11-12H,3-10H2,1-2H3,(H,15,19)(H,17,18). The third kappa shape index (κ3) is 6.50. The first kappa shape index (κ1) is 17.1. The second kappa shape index (κ2) is 9.10. The first-order valence-corrected chi connectivity index (χ1v) is 8.44. The van der Waals surface area contributed by atoms with Crippen molar-refractivity contribution in [2.75, 3.05) is 25.4 Å². The van der Waals surface area contributed by atoms with Crippen LogP contribution in [0.3, 0.4) is 0 Å². The summed E-state index contributed by atoms with van der Waals surface area (Å²) in [6.07, 6.45) is 2.72. The van der Waals surface area contributed by atoms with E-state index in [1.54, 1.807) is 0 Å². The number of hydrogen-bond acceptors (Lipinski definition) is 3. The molecule has 1 aliphatic heterocycles. The van der Waals surface area contributed by atoms with Crippen LogP contribution in [-0.2, 0) is 4.79 Å². The van der Waals surface area contributed by atoms with Gasteiger partial charge in [0.25, 0.3) is 0 Å². The lowest BCUT2D eigenvalue weighted by Crippen LogP contribution is -2.46. The summed E-state index contributed by atoms with van der Waals surface area (Å²) in [5, 5.41) is 12.2. The van der Waals surface area contributed by atoms with E-state index in [9.17, 15) is 9.59 Å². The van der Waals surface area contributed by atoms with E-state index in [0.29, 0.717) is 24.1 Å². The molecule has 5 nitrogen and oxygen atoms in total. The van der Waals surface area contributed by atoms with Crippen LogP contribution in [0.25, 0.3) is 0 Å². The monoisotopic (exact) mass is 302 g/mol. The van der Waals surface area contributed by atoms with Gasteiger partial charge >= 0.3 is 12.0 Å². The van der Waals surface area contributed by atoms with Crippen LogP contribution in [-0.4, -0.2) is 52.6 Å². The van der Waals surface area contributed by atoms with E-state index in [4.69, 9.17) is 5.11 Å². The Balaban J connectivity index is 2.21. The highest BCUT2D eigenvalue weighted by Crippen LogP contribution is 2.18. The first-order valence-electron chi connectivity index (χ1n) is 7.39. The number of nitrogens with one attached hydrogen (secondary N) is 1. The average Bonchev–Trinajstić information content (AvgIpc) is 2.42. The van der Waals surface area contributed by atoms with Crippen LogP contribution >= 0.6 is 11.8 Å². The number of hydrogen-bond donors (Lipinski definition) is 2. The Labute approximate surface area is 125 Å². The maximum absolute atomic E-state index is 12.0. The summed E-state index contributed by atoms with van der Waals surface area (Å²) in [6.45, 7) is 6.47. The molecule has 1 saturated heterocycles. The lowest BCUT2D eigenvalue weighted by Gasteiger charge is -2.30. The number of carboxylic acid groups (broad SMARTS) is 1. The quantitative estimate of drug-likeness (QED) is 0.758. The molecular weight excluding hydrogens is 276 g/mol. The molecule has 0 radical (unpaired) electrons.